The number of carbonyl (C=O) groups is 1. The van der Waals surface area contributed by atoms with Crippen molar-refractivity contribution in [2.75, 3.05) is 5.32 Å². The molecular formula is C13H14ClFN4O. The van der Waals surface area contributed by atoms with E-state index in [0.717, 1.165) is 6.07 Å². The van der Waals surface area contributed by atoms with Crippen LogP contribution in [0.5, 0.6) is 0 Å². The van der Waals surface area contributed by atoms with Crippen LogP contribution < -0.4 is 5.32 Å². The third kappa shape index (κ3) is 3.14. The fourth-order valence-corrected chi connectivity index (χ4v) is 1.64. The van der Waals surface area contributed by atoms with E-state index in [2.05, 4.69) is 20.5 Å². The van der Waals surface area contributed by atoms with Gasteiger partial charge in [-0.3, -0.25) is 9.89 Å². The lowest BCUT2D eigenvalue weighted by Crippen LogP contribution is -2.16. The lowest BCUT2D eigenvalue weighted by atomic mass is 9.96. The number of amides is 1. The second-order valence-electron chi connectivity index (χ2n) is 5.34. The fourth-order valence-electron chi connectivity index (χ4n) is 1.47. The third-order valence-corrected chi connectivity index (χ3v) is 2.91. The lowest BCUT2D eigenvalue weighted by Gasteiger charge is -2.12. The van der Waals surface area contributed by atoms with Crippen molar-refractivity contribution in [3.05, 3.63) is 40.7 Å². The zero-order valence-electron chi connectivity index (χ0n) is 11.3. The van der Waals surface area contributed by atoms with E-state index in [9.17, 15) is 9.18 Å². The minimum absolute atomic E-state index is 0.0183. The van der Waals surface area contributed by atoms with Gasteiger partial charge in [0.1, 0.15) is 11.6 Å². The van der Waals surface area contributed by atoms with E-state index in [4.69, 9.17) is 11.6 Å². The van der Waals surface area contributed by atoms with Crippen molar-refractivity contribution in [1.29, 1.82) is 0 Å². The maximum atomic E-state index is 13.1. The van der Waals surface area contributed by atoms with Crippen molar-refractivity contribution in [3.63, 3.8) is 0 Å². The van der Waals surface area contributed by atoms with Gasteiger partial charge in [0.05, 0.1) is 10.7 Å². The van der Waals surface area contributed by atoms with Gasteiger partial charge in [-0.1, -0.05) is 32.4 Å². The molecule has 2 aromatic rings. The van der Waals surface area contributed by atoms with Gasteiger partial charge in [0.2, 0.25) is 5.82 Å². The molecule has 0 radical (unpaired) electrons. The zero-order chi connectivity index (χ0) is 14.9. The number of halogens is 2. The Bertz CT molecular complexity index is 648. The molecule has 0 bridgehead atoms. The largest absolute Gasteiger partial charge is 0.318 e. The minimum Gasteiger partial charge on any atom is -0.318 e. The molecule has 0 spiro atoms. The van der Waals surface area contributed by atoms with Crippen LogP contribution in [0, 0.1) is 5.82 Å². The Morgan fingerprint density at radius 3 is 2.70 bits per heavy atom. The summed E-state index contributed by atoms with van der Waals surface area (Å²) >= 11 is 5.88. The van der Waals surface area contributed by atoms with Crippen molar-refractivity contribution >= 4 is 23.2 Å². The van der Waals surface area contributed by atoms with E-state index in [1.807, 2.05) is 20.8 Å². The van der Waals surface area contributed by atoms with E-state index in [1.54, 1.807) is 0 Å². The molecule has 106 valence electrons. The van der Waals surface area contributed by atoms with Gasteiger partial charge in [0.15, 0.2) is 0 Å². The maximum absolute atomic E-state index is 13.1. The molecule has 1 amide bonds. The molecule has 1 aromatic heterocycles. The molecule has 2 N–H and O–H groups in total. The number of anilines is 1. The number of H-pyrrole nitrogens is 1. The first-order valence-corrected chi connectivity index (χ1v) is 6.34. The van der Waals surface area contributed by atoms with Gasteiger partial charge in [0, 0.05) is 5.41 Å². The molecule has 0 aliphatic rings. The van der Waals surface area contributed by atoms with Crippen LogP contribution in [0.4, 0.5) is 10.1 Å². The Hall–Kier alpha value is -1.95. The summed E-state index contributed by atoms with van der Waals surface area (Å²) in [5.74, 6) is -0.470. The van der Waals surface area contributed by atoms with Crippen LogP contribution in [-0.2, 0) is 5.41 Å². The normalized spacial score (nSPS) is 11.4. The summed E-state index contributed by atoms with van der Waals surface area (Å²) in [6.07, 6.45) is 0. The van der Waals surface area contributed by atoms with Crippen LogP contribution in [0.15, 0.2) is 18.2 Å². The van der Waals surface area contributed by atoms with Crippen molar-refractivity contribution in [1.82, 2.24) is 15.2 Å². The molecule has 0 aliphatic carbocycles. The minimum atomic E-state index is -0.552. The molecule has 1 heterocycles. The Kier molecular flexibility index (Phi) is 3.76. The summed E-state index contributed by atoms with van der Waals surface area (Å²) in [5, 5.41) is 9.27. The Balaban J connectivity index is 2.20. The molecule has 1 aromatic carbocycles. The second kappa shape index (κ2) is 5.20. The average molecular weight is 297 g/mol. The molecular weight excluding hydrogens is 283 g/mol. The highest BCUT2D eigenvalue weighted by Crippen LogP contribution is 2.23. The number of aromatic nitrogens is 3. The van der Waals surface area contributed by atoms with Crippen LogP contribution in [0.25, 0.3) is 0 Å². The van der Waals surface area contributed by atoms with Gasteiger partial charge >= 0.3 is 0 Å². The Morgan fingerprint density at radius 1 is 1.40 bits per heavy atom. The number of rotatable bonds is 2. The van der Waals surface area contributed by atoms with Crippen molar-refractivity contribution in [3.8, 4) is 0 Å². The monoisotopic (exact) mass is 296 g/mol. The molecule has 2 rings (SSSR count). The number of carbonyl (C=O) groups excluding carboxylic acids is 1. The van der Waals surface area contributed by atoms with Crippen LogP contribution in [0.3, 0.4) is 0 Å². The summed E-state index contributed by atoms with van der Waals surface area (Å²) in [5.41, 5.74) is -0.0686. The smallest absolute Gasteiger partial charge is 0.295 e. The third-order valence-electron chi connectivity index (χ3n) is 2.58. The zero-order valence-corrected chi connectivity index (χ0v) is 12.0. The van der Waals surface area contributed by atoms with Gasteiger partial charge in [-0.25, -0.2) is 9.37 Å². The molecule has 0 unspecified atom stereocenters. The quantitative estimate of drug-likeness (QED) is 0.894. The molecule has 20 heavy (non-hydrogen) atoms. The van der Waals surface area contributed by atoms with Gasteiger partial charge in [-0.15, -0.1) is 5.10 Å². The molecule has 7 heteroatoms. The first kappa shape index (κ1) is 14.5. The van der Waals surface area contributed by atoms with Crippen molar-refractivity contribution < 1.29 is 9.18 Å². The lowest BCUT2D eigenvalue weighted by molar-refractivity contribution is 0.101. The van der Waals surface area contributed by atoms with Crippen LogP contribution in [0.2, 0.25) is 5.02 Å². The van der Waals surface area contributed by atoms with Crippen molar-refractivity contribution in [2.45, 2.75) is 26.2 Å². The number of aromatic amines is 1. The fraction of sp³-hybridized carbons (Fsp3) is 0.308. The summed E-state index contributed by atoms with van der Waals surface area (Å²) < 4.78 is 13.1. The number of nitrogens with one attached hydrogen (secondary N) is 2. The highest BCUT2D eigenvalue weighted by Gasteiger charge is 2.21. The summed E-state index contributed by atoms with van der Waals surface area (Å²) in [7, 11) is 0. The first-order valence-electron chi connectivity index (χ1n) is 5.96. The number of hydrogen-bond donors (Lipinski definition) is 2. The maximum Gasteiger partial charge on any atom is 0.295 e. The summed E-state index contributed by atoms with van der Waals surface area (Å²) in [4.78, 5) is 16.1. The Labute approximate surface area is 120 Å². The number of hydrogen-bond acceptors (Lipinski definition) is 3. The molecule has 5 nitrogen and oxygen atoms in total. The van der Waals surface area contributed by atoms with E-state index in [1.165, 1.54) is 12.1 Å². The second-order valence-corrected chi connectivity index (χ2v) is 5.74. The highest BCUT2D eigenvalue weighted by molar-refractivity contribution is 6.33. The van der Waals surface area contributed by atoms with E-state index < -0.39 is 11.7 Å². The SMILES string of the molecule is CC(C)(C)c1nc(C(=O)Nc2cc(F)ccc2Cl)n[nH]1. The van der Waals surface area contributed by atoms with Crippen LogP contribution in [0.1, 0.15) is 37.2 Å². The molecule has 0 fully saturated rings. The molecule has 0 atom stereocenters. The predicted octanol–water partition coefficient (Wildman–Crippen LogP) is 3.15. The first-order chi connectivity index (χ1) is 9.27. The van der Waals surface area contributed by atoms with Crippen LogP contribution in [-0.4, -0.2) is 21.1 Å². The molecule has 0 saturated heterocycles. The standard InChI is InChI=1S/C13H14ClFN4O/c1-13(2,3)12-17-10(18-19-12)11(20)16-9-6-7(15)4-5-8(9)14/h4-6H,1-3H3,(H,16,20)(H,17,18,19). The van der Waals surface area contributed by atoms with Gasteiger partial charge < -0.3 is 5.32 Å². The van der Waals surface area contributed by atoms with E-state index in [0.29, 0.717) is 5.82 Å². The highest BCUT2D eigenvalue weighted by atomic mass is 35.5. The van der Waals surface area contributed by atoms with Gasteiger partial charge in [0.25, 0.3) is 5.91 Å². The molecule has 0 saturated carbocycles. The summed E-state index contributed by atoms with van der Waals surface area (Å²) in [6, 6.07) is 3.71. The average Bonchev–Trinajstić information content (AvgIpc) is 2.83. The van der Waals surface area contributed by atoms with Crippen LogP contribution >= 0.6 is 11.6 Å². The van der Waals surface area contributed by atoms with Crippen molar-refractivity contribution in [2.24, 2.45) is 0 Å². The summed E-state index contributed by atoms with van der Waals surface area (Å²) in [6.45, 7) is 5.83. The van der Waals surface area contributed by atoms with E-state index >= 15 is 0 Å². The number of nitrogens with zero attached hydrogens (tertiary/aromatic N) is 2. The number of benzene rings is 1. The van der Waals surface area contributed by atoms with Gasteiger partial charge in [-0.2, -0.15) is 0 Å². The predicted molar refractivity (Wildman–Crippen MR) is 74.4 cm³/mol. The molecule has 0 aliphatic heterocycles. The Morgan fingerprint density at radius 2 is 2.10 bits per heavy atom. The van der Waals surface area contributed by atoms with E-state index in [-0.39, 0.29) is 21.9 Å². The topological polar surface area (TPSA) is 70.7 Å². The van der Waals surface area contributed by atoms with Gasteiger partial charge in [-0.05, 0) is 18.2 Å².